The van der Waals surface area contributed by atoms with Crippen molar-refractivity contribution in [3.63, 3.8) is 0 Å². The Labute approximate surface area is 156 Å². The summed E-state index contributed by atoms with van der Waals surface area (Å²) in [5.41, 5.74) is 0.831. The summed E-state index contributed by atoms with van der Waals surface area (Å²) >= 11 is 0. The van der Waals surface area contributed by atoms with E-state index in [-0.39, 0.29) is 28.5 Å². The van der Waals surface area contributed by atoms with Crippen molar-refractivity contribution in [3.8, 4) is 5.75 Å². The van der Waals surface area contributed by atoms with Crippen LogP contribution in [0.3, 0.4) is 0 Å². The lowest BCUT2D eigenvalue weighted by Crippen LogP contribution is -2.25. The predicted molar refractivity (Wildman–Crippen MR) is 101 cm³/mol. The van der Waals surface area contributed by atoms with E-state index >= 15 is 0 Å². The molecular formula is C19H23N3O5. The van der Waals surface area contributed by atoms with Crippen molar-refractivity contribution in [1.29, 1.82) is 0 Å². The second-order valence-electron chi connectivity index (χ2n) is 5.99. The van der Waals surface area contributed by atoms with Gasteiger partial charge in [-0.3, -0.25) is 19.7 Å². The fourth-order valence-corrected chi connectivity index (χ4v) is 2.69. The second-order valence-corrected chi connectivity index (χ2v) is 5.99. The smallest absolute Gasteiger partial charge is 0.311 e. The van der Waals surface area contributed by atoms with Gasteiger partial charge < -0.3 is 14.6 Å². The Morgan fingerprint density at radius 3 is 2.70 bits per heavy atom. The minimum absolute atomic E-state index is 0.0410. The molecule has 0 aliphatic carbocycles. The van der Waals surface area contributed by atoms with Gasteiger partial charge in [0.15, 0.2) is 5.75 Å². The van der Waals surface area contributed by atoms with Crippen LogP contribution in [0.2, 0.25) is 0 Å². The van der Waals surface area contributed by atoms with Gasteiger partial charge in [0.1, 0.15) is 0 Å². The average Bonchev–Trinajstić information content (AvgIpc) is 2.63. The summed E-state index contributed by atoms with van der Waals surface area (Å²) in [6, 6.07) is 9.27. The van der Waals surface area contributed by atoms with Gasteiger partial charge in [0.2, 0.25) is 0 Å². The molecule has 0 aliphatic rings. The maximum atomic E-state index is 12.2. The number of nitrogens with zero attached hydrogens (tertiary/aromatic N) is 2. The lowest BCUT2D eigenvalue weighted by Gasteiger charge is -2.10. The maximum absolute atomic E-state index is 12.2. The van der Waals surface area contributed by atoms with Crippen LogP contribution in [0, 0.1) is 17.0 Å². The Kier molecular flexibility index (Phi) is 7.10. The van der Waals surface area contributed by atoms with Crippen LogP contribution in [0.4, 0.5) is 5.69 Å². The van der Waals surface area contributed by atoms with Crippen LogP contribution in [0.25, 0.3) is 0 Å². The molecule has 27 heavy (non-hydrogen) atoms. The number of nitro groups is 1. The van der Waals surface area contributed by atoms with E-state index in [1.54, 1.807) is 17.6 Å². The standard InChI is InChI=1S/C19H23N3O5/c1-3-27-17-10-9-15(13-16(17)22(25)26)19(24)20-11-4-5-12-21-14(2)7-6-8-18(21)23/h6-10,13H,3-5,11-12H2,1-2H3,(H,20,24). The van der Waals surface area contributed by atoms with Gasteiger partial charge in [0, 0.05) is 36.5 Å². The zero-order valence-electron chi connectivity index (χ0n) is 15.4. The van der Waals surface area contributed by atoms with Crippen molar-refractivity contribution in [2.75, 3.05) is 13.2 Å². The number of aromatic nitrogens is 1. The van der Waals surface area contributed by atoms with E-state index in [0.29, 0.717) is 26.1 Å². The van der Waals surface area contributed by atoms with Crippen LogP contribution >= 0.6 is 0 Å². The monoisotopic (exact) mass is 373 g/mol. The van der Waals surface area contributed by atoms with Crippen LogP contribution in [-0.4, -0.2) is 28.5 Å². The van der Waals surface area contributed by atoms with E-state index in [4.69, 9.17) is 4.74 Å². The fourth-order valence-electron chi connectivity index (χ4n) is 2.69. The molecule has 0 fully saturated rings. The Bertz CT molecular complexity index is 876. The molecule has 0 spiro atoms. The van der Waals surface area contributed by atoms with Gasteiger partial charge in [-0.25, -0.2) is 0 Å². The first-order valence-electron chi connectivity index (χ1n) is 8.80. The molecule has 0 saturated heterocycles. The second kappa shape index (κ2) is 9.51. The van der Waals surface area contributed by atoms with Gasteiger partial charge in [-0.05, 0) is 44.9 Å². The number of carbonyl (C=O) groups excluding carboxylic acids is 1. The fraction of sp³-hybridized carbons (Fsp3) is 0.368. The zero-order chi connectivity index (χ0) is 19.8. The topological polar surface area (TPSA) is 103 Å². The van der Waals surface area contributed by atoms with Crippen molar-refractivity contribution < 1.29 is 14.5 Å². The number of unbranched alkanes of at least 4 members (excludes halogenated alkanes) is 1. The Morgan fingerprint density at radius 2 is 2.04 bits per heavy atom. The number of ether oxygens (including phenoxy) is 1. The molecular weight excluding hydrogens is 350 g/mol. The Morgan fingerprint density at radius 1 is 1.26 bits per heavy atom. The van der Waals surface area contributed by atoms with E-state index in [2.05, 4.69) is 5.32 Å². The molecule has 8 nitrogen and oxygen atoms in total. The summed E-state index contributed by atoms with van der Waals surface area (Å²) in [7, 11) is 0. The summed E-state index contributed by atoms with van der Waals surface area (Å²) in [4.78, 5) is 34.5. The van der Waals surface area contributed by atoms with Gasteiger partial charge in [-0.2, -0.15) is 0 Å². The van der Waals surface area contributed by atoms with Crippen molar-refractivity contribution in [2.24, 2.45) is 0 Å². The molecule has 8 heteroatoms. The quantitative estimate of drug-likeness (QED) is 0.413. The molecule has 1 heterocycles. The number of amides is 1. The van der Waals surface area contributed by atoms with Gasteiger partial charge in [0.05, 0.1) is 11.5 Å². The highest BCUT2D eigenvalue weighted by atomic mass is 16.6. The Balaban J connectivity index is 1.88. The molecule has 2 rings (SSSR count). The lowest BCUT2D eigenvalue weighted by molar-refractivity contribution is -0.385. The van der Waals surface area contributed by atoms with Gasteiger partial charge in [-0.1, -0.05) is 6.07 Å². The molecule has 1 N–H and O–H groups in total. The number of benzene rings is 1. The number of nitrogens with one attached hydrogen (secondary N) is 1. The zero-order valence-corrected chi connectivity index (χ0v) is 15.4. The van der Waals surface area contributed by atoms with Crippen LogP contribution in [0.15, 0.2) is 41.2 Å². The summed E-state index contributed by atoms with van der Waals surface area (Å²) in [6.45, 7) is 4.91. The third-order valence-corrected chi connectivity index (χ3v) is 4.08. The summed E-state index contributed by atoms with van der Waals surface area (Å²) in [5, 5.41) is 13.9. The average molecular weight is 373 g/mol. The highest BCUT2D eigenvalue weighted by Crippen LogP contribution is 2.27. The molecule has 0 aliphatic heterocycles. The molecule has 0 unspecified atom stereocenters. The van der Waals surface area contributed by atoms with Crippen molar-refractivity contribution in [1.82, 2.24) is 9.88 Å². The van der Waals surface area contributed by atoms with Gasteiger partial charge in [-0.15, -0.1) is 0 Å². The number of carbonyl (C=O) groups is 1. The summed E-state index contributed by atoms with van der Waals surface area (Å²) in [5.74, 6) is -0.239. The number of pyridine rings is 1. The molecule has 0 bridgehead atoms. The van der Waals surface area contributed by atoms with Gasteiger partial charge in [0.25, 0.3) is 11.5 Å². The number of rotatable bonds is 9. The molecule has 1 aromatic carbocycles. The van der Waals surface area contributed by atoms with Crippen LogP contribution in [0.1, 0.15) is 35.8 Å². The van der Waals surface area contributed by atoms with E-state index in [1.165, 1.54) is 24.3 Å². The van der Waals surface area contributed by atoms with Crippen LogP contribution in [0.5, 0.6) is 5.75 Å². The molecule has 0 saturated carbocycles. The maximum Gasteiger partial charge on any atom is 0.311 e. The SMILES string of the molecule is CCOc1ccc(C(=O)NCCCCn2c(C)cccc2=O)cc1[N+](=O)[O-]. The lowest BCUT2D eigenvalue weighted by atomic mass is 10.1. The van der Waals surface area contributed by atoms with Gasteiger partial charge >= 0.3 is 5.69 Å². The van der Waals surface area contributed by atoms with Crippen molar-refractivity contribution >= 4 is 11.6 Å². The van der Waals surface area contributed by atoms with E-state index in [0.717, 1.165) is 12.1 Å². The van der Waals surface area contributed by atoms with E-state index in [9.17, 15) is 19.7 Å². The number of hydrogen-bond acceptors (Lipinski definition) is 5. The molecule has 1 amide bonds. The van der Waals surface area contributed by atoms with E-state index in [1.807, 2.05) is 13.0 Å². The first-order valence-corrected chi connectivity index (χ1v) is 8.80. The minimum atomic E-state index is -0.568. The first kappa shape index (κ1) is 20.2. The number of aryl methyl sites for hydroxylation is 1. The molecule has 0 atom stereocenters. The highest BCUT2D eigenvalue weighted by molar-refractivity contribution is 5.95. The molecule has 144 valence electrons. The van der Waals surface area contributed by atoms with Crippen LogP contribution < -0.4 is 15.6 Å². The van der Waals surface area contributed by atoms with Crippen molar-refractivity contribution in [2.45, 2.75) is 33.2 Å². The normalized spacial score (nSPS) is 10.4. The number of nitro benzene ring substituents is 1. The minimum Gasteiger partial charge on any atom is -0.487 e. The molecule has 2 aromatic rings. The number of hydrogen-bond donors (Lipinski definition) is 1. The summed E-state index contributed by atoms with van der Waals surface area (Å²) < 4.78 is 6.90. The predicted octanol–water partition coefficient (Wildman–Crippen LogP) is 2.67. The Hall–Kier alpha value is -3.16. The first-order chi connectivity index (χ1) is 12.9. The van der Waals surface area contributed by atoms with Crippen molar-refractivity contribution in [3.05, 3.63) is 68.1 Å². The van der Waals surface area contributed by atoms with E-state index < -0.39 is 4.92 Å². The summed E-state index contributed by atoms with van der Waals surface area (Å²) in [6.07, 6.45) is 1.42. The van der Waals surface area contributed by atoms with Crippen LogP contribution in [-0.2, 0) is 6.54 Å². The third kappa shape index (κ3) is 5.40. The molecule has 0 radical (unpaired) electrons. The largest absolute Gasteiger partial charge is 0.487 e. The third-order valence-electron chi connectivity index (χ3n) is 4.08. The highest BCUT2D eigenvalue weighted by Gasteiger charge is 2.18. The molecule has 1 aromatic heterocycles.